The van der Waals surface area contributed by atoms with Gasteiger partial charge in [-0.1, -0.05) is 48.5 Å². The Balaban J connectivity index is 1.91. The number of nitrogens with one attached hydrogen (secondary N) is 1. The number of hydrogen-bond donors (Lipinski definition) is 1. The molecule has 1 heterocycles. The molecule has 0 aliphatic carbocycles. The van der Waals surface area contributed by atoms with E-state index in [0.29, 0.717) is 0 Å². The molecule has 3 aromatic rings. The predicted molar refractivity (Wildman–Crippen MR) is 81.9 cm³/mol. The lowest BCUT2D eigenvalue weighted by Gasteiger charge is -2.18. The van der Waals surface area contributed by atoms with Crippen LogP contribution in [0.5, 0.6) is 0 Å². The van der Waals surface area contributed by atoms with Gasteiger partial charge in [-0.3, -0.25) is 4.79 Å². The molecule has 0 unspecified atom stereocenters. The highest BCUT2D eigenvalue weighted by Gasteiger charge is 2.21. The number of benzene rings is 2. The molecule has 0 spiro atoms. The van der Waals surface area contributed by atoms with Crippen molar-refractivity contribution in [2.45, 2.75) is 6.04 Å². The fourth-order valence-electron chi connectivity index (χ4n) is 2.25. The lowest BCUT2D eigenvalue weighted by molar-refractivity contribution is -0.118. The van der Waals surface area contributed by atoms with Crippen LogP contribution in [-0.2, 0) is 4.79 Å². The lowest BCUT2D eigenvalue weighted by Crippen LogP contribution is -2.26. The number of rotatable bonds is 4. The number of amides is 1. The molecule has 0 aliphatic rings. The summed E-state index contributed by atoms with van der Waals surface area (Å²) in [6.07, 6.45) is 5.12. The van der Waals surface area contributed by atoms with Crippen LogP contribution in [0.4, 0.5) is 5.69 Å². The number of imidazole rings is 1. The third-order valence-electron chi connectivity index (χ3n) is 3.23. The third-order valence-corrected chi connectivity index (χ3v) is 3.23. The second-order valence-electron chi connectivity index (χ2n) is 4.68. The summed E-state index contributed by atoms with van der Waals surface area (Å²) in [5.74, 6) is -0.0922. The molecule has 3 rings (SSSR count). The molecule has 0 fully saturated rings. The number of carbonyl (C=O) groups excluding carboxylic acids is 1. The van der Waals surface area contributed by atoms with Crippen LogP contribution in [0.3, 0.4) is 0 Å². The van der Waals surface area contributed by atoms with E-state index in [9.17, 15) is 4.79 Å². The maximum Gasteiger partial charge on any atom is 0.252 e. The first-order chi connectivity index (χ1) is 10.3. The van der Waals surface area contributed by atoms with E-state index >= 15 is 0 Å². The van der Waals surface area contributed by atoms with Crippen LogP contribution >= 0.6 is 0 Å². The van der Waals surface area contributed by atoms with Gasteiger partial charge in [-0.15, -0.1) is 0 Å². The molecule has 1 amide bonds. The Labute approximate surface area is 123 Å². The van der Waals surface area contributed by atoms with Gasteiger partial charge >= 0.3 is 0 Å². The summed E-state index contributed by atoms with van der Waals surface area (Å²) in [6, 6.07) is 18.7. The molecule has 0 bridgehead atoms. The van der Waals surface area contributed by atoms with Gasteiger partial charge in [-0.2, -0.15) is 0 Å². The normalized spacial score (nSPS) is 11.8. The zero-order valence-electron chi connectivity index (χ0n) is 11.4. The number of aromatic nitrogens is 2. The molecule has 4 nitrogen and oxygen atoms in total. The summed E-state index contributed by atoms with van der Waals surface area (Å²) in [4.78, 5) is 16.7. The van der Waals surface area contributed by atoms with Crippen molar-refractivity contribution in [3.63, 3.8) is 0 Å². The summed E-state index contributed by atoms with van der Waals surface area (Å²) < 4.78 is 1.80. The zero-order chi connectivity index (χ0) is 14.5. The van der Waals surface area contributed by atoms with Crippen molar-refractivity contribution in [3.05, 3.63) is 84.9 Å². The average Bonchev–Trinajstić information content (AvgIpc) is 3.03. The highest BCUT2D eigenvalue weighted by atomic mass is 16.2. The minimum absolute atomic E-state index is 0.0922. The van der Waals surface area contributed by atoms with Crippen molar-refractivity contribution in [1.82, 2.24) is 9.55 Å². The van der Waals surface area contributed by atoms with Crippen LogP contribution in [0.25, 0.3) is 0 Å². The van der Waals surface area contributed by atoms with Crippen molar-refractivity contribution < 1.29 is 4.79 Å². The first-order valence-electron chi connectivity index (χ1n) is 6.73. The summed E-state index contributed by atoms with van der Waals surface area (Å²) >= 11 is 0. The van der Waals surface area contributed by atoms with E-state index in [0.717, 1.165) is 11.3 Å². The van der Waals surface area contributed by atoms with Gasteiger partial charge in [-0.25, -0.2) is 4.98 Å². The molecule has 0 aliphatic heterocycles. The number of hydrogen-bond acceptors (Lipinski definition) is 2. The zero-order valence-corrected chi connectivity index (χ0v) is 11.4. The van der Waals surface area contributed by atoms with Gasteiger partial charge in [0.25, 0.3) is 5.91 Å². The van der Waals surface area contributed by atoms with Crippen molar-refractivity contribution in [2.75, 3.05) is 5.32 Å². The number of para-hydroxylation sites is 1. The molecule has 104 valence electrons. The van der Waals surface area contributed by atoms with Crippen LogP contribution in [0.1, 0.15) is 11.6 Å². The van der Waals surface area contributed by atoms with Gasteiger partial charge in [0.1, 0.15) is 6.04 Å². The van der Waals surface area contributed by atoms with Gasteiger partial charge in [-0.05, 0) is 17.7 Å². The van der Waals surface area contributed by atoms with Crippen molar-refractivity contribution >= 4 is 11.6 Å². The minimum Gasteiger partial charge on any atom is -0.324 e. The van der Waals surface area contributed by atoms with Crippen molar-refractivity contribution in [1.29, 1.82) is 0 Å². The van der Waals surface area contributed by atoms with E-state index in [1.807, 2.05) is 60.7 Å². The summed E-state index contributed by atoms with van der Waals surface area (Å²) in [5.41, 5.74) is 1.70. The summed E-state index contributed by atoms with van der Waals surface area (Å²) in [6.45, 7) is 0. The Morgan fingerprint density at radius 1 is 1.00 bits per heavy atom. The maximum atomic E-state index is 12.7. The first kappa shape index (κ1) is 13.1. The predicted octanol–water partition coefficient (Wildman–Crippen LogP) is 3.11. The van der Waals surface area contributed by atoms with E-state index in [1.54, 1.807) is 23.3 Å². The van der Waals surface area contributed by atoms with E-state index in [4.69, 9.17) is 0 Å². The SMILES string of the molecule is O=C(Nc1ccccc1)[C@@H](c1ccccc1)n1ccnc1. The van der Waals surface area contributed by atoms with Gasteiger partial charge in [0.2, 0.25) is 0 Å². The summed E-state index contributed by atoms with van der Waals surface area (Å²) in [5, 5.41) is 2.94. The van der Waals surface area contributed by atoms with Crippen molar-refractivity contribution in [3.8, 4) is 0 Å². The minimum atomic E-state index is -0.436. The highest BCUT2D eigenvalue weighted by Crippen LogP contribution is 2.20. The molecule has 21 heavy (non-hydrogen) atoms. The number of carbonyl (C=O) groups is 1. The van der Waals surface area contributed by atoms with Crippen LogP contribution in [-0.4, -0.2) is 15.5 Å². The maximum absolute atomic E-state index is 12.7. The van der Waals surface area contributed by atoms with E-state index in [2.05, 4.69) is 10.3 Å². The molecule has 1 aromatic heterocycles. The van der Waals surface area contributed by atoms with Gasteiger partial charge in [0.15, 0.2) is 0 Å². The molecule has 4 heteroatoms. The Bertz CT molecular complexity index is 693. The second kappa shape index (κ2) is 6.05. The highest BCUT2D eigenvalue weighted by molar-refractivity contribution is 5.95. The fourth-order valence-corrected chi connectivity index (χ4v) is 2.25. The van der Waals surface area contributed by atoms with E-state index < -0.39 is 6.04 Å². The first-order valence-corrected chi connectivity index (χ1v) is 6.73. The molecule has 2 aromatic carbocycles. The van der Waals surface area contributed by atoms with Gasteiger partial charge in [0.05, 0.1) is 6.33 Å². The second-order valence-corrected chi connectivity index (χ2v) is 4.68. The Hall–Kier alpha value is -2.88. The molecule has 0 saturated carbocycles. The lowest BCUT2D eigenvalue weighted by atomic mass is 10.1. The number of anilines is 1. The van der Waals surface area contributed by atoms with E-state index in [1.165, 1.54) is 0 Å². The topological polar surface area (TPSA) is 46.9 Å². The monoisotopic (exact) mass is 277 g/mol. The van der Waals surface area contributed by atoms with Crippen molar-refractivity contribution in [2.24, 2.45) is 0 Å². The fraction of sp³-hybridized carbons (Fsp3) is 0.0588. The van der Waals surface area contributed by atoms with Crippen LogP contribution in [0.15, 0.2) is 79.4 Å². The smallest absolute Gasteiger partial charge is 0.252 e. The Morgan fingerprint density at radius 2 is 1.67 bits per heavy atom. The molecule has 1 N–H and O–H groups in total. The Kier molecular flexibility index (Phi) is 3.78. The van der Waals surface area contributed by atoms with Crippen LogP contribution in [0, 0.1) is 0 Å². The van der Waals surface area contributed by atoms with Crippen LogP contribution in [0.2, 0.25) is 0 Å². The van der Waals surface area contributed by atoms with Gasteiger partial charge < -0.3 is 9.88 Å². The third kappa shape index (κ3) is 3.00. The Morgan fingerprint density at radius 3 is 2.29 bits per heavy atom. The van der Waals surface area contributed by atoms with Crippen LogP contribution < -0.4 is 5.32 Å². The average molecular weight is 277 g/mol. The summed E-state index contributed by atoms with van der Waals surface area (Å²) in [7, 11) is 0. The standard InChI is InChI=1S/C17H15N3O/c21-17(19-15-9-5-2-6-10-15)16(20-12-11-18-13-20)14-7-3-1-4-8-14/h1-13,16H,(H,19,21)/t16-/m1/s1. The molecule has 0 saturated heterocycles. The molecular formula is C17H15N3O. The molecule has 1 atom stereocenters. The van der Waals surface area contributed by atoms with E-state index in [-0.39, 0.29) is 5.91 Å². The largest absolute Gasteiger partial charge is 0.324 e. The molecular weight excluding hydrogens is 262 g/mol. The molecule has 0 radical (unpaired) electrons. The van der Waals surface area contributed by atoms with Gasteiger partial charge in [0, 0.05) is 18.1 Å². The quantitative estimate of drug-likeness (QED) is 0.796. The number of nitrogens with zero attached hydrogens (tertiary/aromatic N) is 2.